The zero-order valence-corrected chi connectivity index (χ0v) is 12.7. The molecular formula is C11H16INO3S. The molecule has 6 heteroatoms. The number of benzene rings is 1. The number of aliphatic hydroxyl groups is 1. The SMILES string of the molecule is CC(C)C(CO)NS(=O)(=O)c1ccc(I)cc1. The van der Waals surface area contributed by atoms with Crippen molar-refractivity contribution in [2.75, 3.05) is 6.61 Å². The van der Waals surface area contributed by atoms with Crippen LogP contribution in [0.1, 0.15) is 13.8 Å². The molecule has 0 fully saturated rings. The van der Waals surface area contributed by atoms with Gasteiger partial charge in [0.1, 0.15) is 0 Å². The summed E-state index contributed by atoms with van der Waals surface area (Å²) in [6.45, 7) is 3.51. The van der Waals surface area contributed by atoms with Gasteiger partial charge in [0.05, 0.1) is 11.5 Å². The lowest BCUT2D eigenvalue weighted by Gasteiger charge is -2.19. The standard InChI is InChI=1S/C11H16INO3S/c1-8(2)11(7-14)13-17(15,16)10-5-3-9(12)4-6-10/h3-6,8,11,13-14H,7H2,1-2H3. The van der Waals surface area contributed by atoms with E-state index in [2.05, 4.69) is 27.3 Å². The second-order valence-corrected chi connectivity index (χ2v) is 7.07. The molecule has 2 N–H and O–H groups in total. The van der Waals surface area contributed by atoms with Crippen LogP contribution in [0, 0.1) is 9.49 Å². The van der Waals surface area contributed by atoms with Crippen LogP contribution in [0.5, 0.6) is 0 Å². The van der Waals surface area contributed by atoms with Crippen LogP contribution in [0.2, 0.25) is 0 Å². The van der Waals surface area contributed by atoms with Gasteiger partial charge in [-0.3, -0.25) is 0 Å². The van der Waals surface area contributed by atoms with E-state index in [1.54, 1.807) is 24.3 Å². The highest BCUT2D eigenvalue weighted by atomic mass is 127. The zero-order valence-electron chi connectivity index (χ0n) is 9.72. The highest BCUT2D eigenvalue weighted by Gasteiger charge is 2.21. The van der Waals surface area contributed by atoms with Crippen LogP contribution in [-0.2, 0) is 10.0 Å². The summed E-state index contributed by atoms with van der Waals surface area (Å²) in [5.74, 6) is 0.0404. The van der Waals surface area contributed by atoms with Crippen LogP contribution in [0.15, 0.2) is 29.2 Å². The van der Waals surface area contributed by atoms with Crippen LogP contribution in [0.25, 0.3) is 0 Å². The molecule has 0 aromatic heterocycles. The molecule has 4 nitrogen and oxygen atoms in total. The molecule has 1 aromatic rings. The van der Waals surface area contributed by atoms with Crippen molar-refractivity contribution in [2.24, 2.45) is 5.92 Å². The van der Waals surface area contributed by atoms with Crippen LogP contribution in [0.4, 0.5) is 0 Å². The number of nitrogens with one attached hydrogen (secondary N) is 1. The molecule has 0 radical (unpaired) electrons. The molecule has 0 aliphatic carbocycles. The van der Waals surface area contributed by atoms with Crippen molar-refractivity contribution in [1.29, 1.82) is 0 Å². The Morgan fingerprint density at radius 3 is 2.24 bits per heavy atom. The molecule has 0 saturated heterocycles. The summed E-state index contributed by atoms with van der Waals surface area (Å²) in [5.41, 5.74) is 0. The van der Waals surface area contributed by atoms with Crippen molar-refractivity contribution in [3.63, 3.8) is 0 Å². The first-order valence-corrected chi connectivity index (χ1v) is 7.82. The third-order valence-electron chi connectivity index (χ3n) is 2.43. The number of hydrogen-bond acceptors (Lipinski definition) is 3. The van der Waals surface area contributed by atoms with Crippen LogP contribution in [0.3, 0.4) is 0 Å². The Morgan fingerprint density at radius 2 is 1.82 bits per heavy atom. The van der Waals surface area contributed by atoms with Crippen molar-refractivity contribution in [3.8, 4) is 0 Å². The van der Waals surface area contributed by atoms with Crippen molar-refractivity contribution < 1.29 is 13.5 Å². The lowest BCUT2D eigenvalue weighted by Crippen LogP contribution is -2.41. The summed E-state index contributed by atoms with van der Waals surface area (Å²) in [7, 11) is -3.55. The van der Waals surface area contributed by atoms with Crippen molar-refractivity contribution in [3.05, 3.63) is 27.8 Å². The predicted octanol–water partition coefficient (Wildman–Crippen LogP) is 1.59. The molecule has 1 atom stereocenters. The maximum atomic E-state index is 12.0. The first-order chi connectivity index (χ1) is 7.86. The van der Waals surface area contributed by atoms with Crippen molar-refractivity contribution >= 4 is 32.6 Å². The van der Waals surface area contributed by atoms with Gasteiger partial charge in [-0.1, -0.05) is 13.8 Å². The fraction of sp³-hybridized carbons (Fsp3) is 0.455. The molecule has 1 aromatic carbocycles. The average Bonchev–Trinajstić information content (AvgIpc) is 2.26. The third kappa shape index (κ3) is 4.20. The van der Waals surface area contributed by atoms with Crippen LogP contribution < -0.4 is 4.72 Å². The molecule has 96 valence electrons. The Bertz CT molecular complexity index is 456. The summed E-state index contributed by atoms with van der Waals surface area (Å²) in [5, 5.41) is 9.12. The lowest BCUT2D eigenvalue weighted by molar-refractivity contribution is 0.227. The van der Waals surface area contributed by atoms with E-state index in [9.17, 15) is 8.42 Å². The summed E-state index contributed by atoms with van der Waals surface area (Å²) >= 11 is 2.11. The summed E-state index contributed by atoms with van der Waals surface area (Å²) < 4.78 is 27.5. The van der Waals surface area contributed by atoms with Gasteiger partial charge in [0.25, 0.3) is 0 Å². The smallest absolute Gasteiger partial charge is 0.240 e. The second kappa shape index (κ2) is 6.12. The normalized spacial score (nSPS) is 13.9. The quantitative estimate of drug-likeness (QED) is 0.775. The van der Waals surface area contributed by atoms with E-state index >= 15 is 0 Å². The maximum Gasteiger partial charge on any atom is 0.240 e. The van der Waals surface area contributed by atoms with E-state index < -0.39 is 16.1 Å². The van der Waals surface area contributed by atoms with Gasteiger partial charge in [-0.15, -0.1) is 0 Å². The average molecular weight is 369 g/mol. The Labute approximate surface area is 116 Å². The largest absolute Gasteiger partial charge is 0.395 e. The van der Waals surface area contributed by atoms with Crippen molar-refractivity contribution in [2.45, 2.75) is 24.8 Å². The minimum Gasteiger partial charge on any atom is -0.395 e. The predicted molar refractivity (Wildman–Crippen MR) is 75.2 cm³/mol. The Balaban J connectivity index is 2.92. The second-order valence-electron chi connectivity index (χ2n) is 4.11. The van der Waals surface area contributed by atoms with E-state index in [1.165, 1.54) is 0 Å². The van der Waals surface area contributed by atoms with Gasteiger partial charge in [-0.25, -0.2) is 13.1 Å². The topological polar surface area (TPSA) is 66.4 Å². The Hall–Kier alpha value is -0.180. The molecule has 0 amide bonds. The lowest BCUT2D eigenvalue weighted by atomic mass is 10.1. The van der Waals surface area contributed by atoms with Crippen LogP contribution in [-0.4, -0.2) is 26.2 Å². The van der Waals surface area contributed by atoms with E-state index in [4.69, 9.17) is 5.11 Å². The number of halogens is 1. The van der Waals surface area contributed by atoms with Gasteiger partial charge in [0.2, 0.25) is 10.0 Å². The highest BCUT2D eigenvalue weighted by molar-refractivity contribution is 14.1. The first-order valence-electron chi connectivity index (χ1n) is 5.25. The van der Waals surface area contributed by atoms with E-state index in [0.717, 1.165) is 3.57 Å². The van der Waals surface area contributed by atoms with E-state index in [-0.39, 0.29) is 17.4 Å². The molecule has 0 aliphatic rings. The van der Waals surface area contributed by atoms with Gasteiger partial charge < -0.3 is 5.11 Å². The first kappa shape index (κ1) is 14.9. The van der Waals surface area contributed by atoms with Gasteiger partial charge in [0, 0.05) is 9.61 Å². The van der Waals surface area contributed by atoms with Gasteiger partial charge in [-0.05, 0) is 52.8 Å². The van der Waals surface area contributed by atoms with Gasteiger partial charge in [-0.2, -0.15) is 0 Å². The molecule has 0 saturated carbocycles. The highest BCUT2D eigenvalue weighted by Crippen LogP contribution is 2.13. The molecule has 0 aliphatic heterocycles. The molecule has 17 heavy (non-hydrogen) atoms. The molecule has 1 rings (SSSR count). The maximum absolute atomic E-state index is 12.0. The number of sulfonamides is 1. The third-order valence-corrected chi connectivity index (χ3v) is 4.66. The van der Waals surface area contributed by atoms with E-state index in [0.29, 0.717) is 0 Å². The van der Waals surface area contributed by atoms with Crippen molar-refractivity contribution in [1.82, 2.24) is 4.72 Å². The number of rotatable bonds is 5. The summed E-state index contributed by atoms with van der Waals surface area (Å²) in [4.78, 5) is 0.219. The minimum absolute atomic E-state index is 0.0404. The fourth-order valence-corrected chi connectivity index (χ4v) is 3.00. The van der Waals surface area contributed by atoms with Gasteiger partial charge in [0.15, 0.2) is 0 Å². The minimum atomic E-state index is -3.55. The molecular weight excluding hydrogens is 353 g/mol. The molecule has 1 unspecified atom stereocenters. The summed E-state index contributed by atoms with van der Waals surface area (Å²) in [6.07, 6.45) is 0. The Kier molecular flexibility index (Phi) is 5.36. The monoisotopic (exact) mass is 369 g/mol. The fourth-order valence-electron chi connectivity index (χ4n) is 1.27. The van der Waals surface area contributed by atoms with Crippen LogP contribution >= 0.6 is 22.6 Å². The Morgan fingerprint density at radius 1 is 1.29 bits per heavy atom. The summed E-state index contributed by atoms with van der Waals surface area (Å²) in [6, 6.07) is 6.12. The molecule has 0 bridgehead atoms. The number of hydrogen-bond donors (Lipinski definition) is 2. The van der Waals surface area contributed by atoms with E-state index in [1.807, 2.05) is 13.8 Å². The van der Waals surface area contributed by atoms with Gasteiger partial charge >= 0.3 is 0 Å². The molecule has 0 heterocycles. The zero-order chi connectivity index (χ0) is 13.1. The molecule has 0 spiro atoms. The number of aliphatic hydroxyl groups excluding tert-OH is 1.